The fraction of sp³-hybridized carbons (Fsp3) is 0.417. The van der Waals surface area contributed by atoms with E-state index in [1.807, 2.05) is 0 Å². The molecule has 2 aromatic rings. The third-order valence-electron chi connectivity index (χ3n) is 3.06. The predicted octanol–water partition coefficient (Wildman–Crippen LogP) is 0.826. The minimum Gasteiger partial charge on any atom is -0.464 e. The van der Waals surface area contributed by atoms with Crippen molar-refractivity contribution in [2.75, 3.05) is 4.72 Å². The van der Waals surface area contributed by atoms with Crippen molar-refractivity contribution in [2.45, 2.75) is 37.2 Å². The lowest BCUT2D eigenvalue weighted by atomic mass is 10.4. The van der Waals surface area contributed by atoms with Gasteiger partial charge in [-0.2, -0.15) is 5.10 Å². The van der Waals surface area contributed by atoms with Gasteiger partial charge in [-0.3, -0.25) is 0 Å². The second-order valence-corrected chi connectivity index (χ2v) is 6.51. The van der Waals surface area contributed by atoms with E-state index in [1.165, 1.54) is 18.5 Å². The molecule has 1 fully saturated rings. The number of anilines is 1. The van der Waals surface area contributed by atoms with Crippen LogP contribution in [0.25, 0.3) is 0 Å². The van der Waals surface area contributed by atoms with E-state index in [0.29, 0.717) is 24.1 Å². The summed E-state index contributed by atoms with van der Waals surface area (Å²) < 4.78 is 32.3. The third kappa shape index (κ3) is 3.37. The van der Waals surface area contributed by atoms with E-state index in [9.17, 15) is 8.42 Å². The molecule has 0 atom stereocenters. The van der Waals surface area contributed by atoms with Crippen LogP contribution in [0.3, 0.4) is 0 Å². The van der Waals surface area contributed by atoms with Crippen LogP contribution in [0.1, 0.15) is 24.4 Å². The lowest BCUT2D eigenvalue weighted by Gasteiger charge is -2.03. The number of aryl methyl sites for hydroxylation is 1. The Morgan fingerprint density at radius 3 is 2.86 bits per heavy atom. The molecule has 0 aromatic carbocycles. The van der Waals surface area contributed by atoms with Gasteiger partial charge in [0.25, 0.3) is 16.0 Å². The standard InChI is InChI=1S/C12H15N5O3S/c1-8-11(6-10(20-8)7-14-9-2-3-9)21(18,19)17-12-13-4-5-15-16-12/h4-6,9,14H,2-3,7H2,1H3,(H,13,16,17). The van der Waals surface area contributed by atoms with Crippen molar-refractivity contribution in [2.24, 2.45) is 0 Å². The minimum absolute atomic E-state index is 0.0734. The third-order valence-corrected chi connectivity index (χ3v) is 4.50. The summed E-state index contributed by atoms with van der Waals surface area (Å²) in [6.07, 6.45) is 5.04. The van der Waals surface area contributed by atoms with Gasteiger partial charge in [-0.1, -0.05) is 0 Å². The molecule has 0 bridgehead atoms. The minimum atomic E-state index is -3.78. The summed E-state index contributed by atoms with van der Waals surface area (Å²) in [5.41, 5.74) is 0. The summed E-state index contributed by atoms with van der Waals surface area (Å²) in [4.78, 5) is 3.87. The number of sulfonamides is 1. The van der Waals surface area contributed by atoms with E-state index in [1.54, 1.807) is 6.92 Å². The van der Waals surface area contributed by atoms with E-state index in [2.05, 4.69) is 25.2 Å². The monoisotopic (exact) mass is 309 g/mol. The normalized spacial score (nSPS) is 15.1. The second-order valence-electron chi connectivity index (χ2n) is 4.86. The number of hydrogen-bond donors (Lipinski definition) is 2. The van der Waals surface area contributed by atoms with Gasteiger partial charge in [-0.15, -0.1) is 5.10 Å². The molecule has 9 heteroatoms. The molecule has 2 heterocycles. The first-order chi connectivity index (χ1) is 10.0. The number of aromatic nitrogens is 3. The summed E-state index contributed by atoms with van der Waals surface area (Å²) in [5.74, 6) is 0.849. The lowest BCUT2D eigenvalue weighted by molar-refractivity contribution is 0.456. The van der Waals surface area contributed by atoms with Crippen molar-refractivity contribution in [3.63, 3.8) is 0 Å². The molecule has 0 aliphatic heterocycles. The van der Waals surface area contributed by atoms with Crippen LogP contribution in [0.2, 0.25) is 0 Å². The van der Waals surface area contributed by atoms with Crippen LogP contribution >= 0.6 is 0 Å². The fourth-order valence-electron chi connectivity index (χ4n) is 1.88. The van der Waals surface area contributed by atoms with Gasteiger partial charge >= 0.3 is 0 Å². The van der Waals surface area contributed by atoms with E-state index in [4.69, 9.17) is 4.42 Å². The molecule has 0 amide bonds. The SMILES string of the molecule is Cc1oc(CNC2CC2)cc1S(=O)(=O)Nc1nccnn1. The Balaban J connectivity index is 1.77. The van der Waals surface area contributed by atoms with Crippen molar-refractivity contribution in [1.29, 1.82) is 0 Å². The Labute approximate surface area is 122 Å². The molecule has 2 aromatic heterocycles. The topological polar surface area (TPSA) is 110 Å². The molecule has 2 N–H and O–H groups in total. The van der Waals surface area contributed by atoms with Gasteiger partial charge in [0, 0.05) is 12.1 Å². The summed E-state index contributed by atoms with van der Waals surface area (Å²) in [6.45, 7) is 2.13. The van der Waals surface area contributed by atoms with Gasteiger partial charge in [-0.05, 0) is 19.8 Å². The number of rotatable bonds is 6. The number of nitrogens with one attached hydrogen (secondary N) is 2. The smallest absolute Gasteiger partial charge is 0.267 e. The zero-order valence-corrected chi connectivity index (χ0v) is 12.2. The van der Waals surface area contributed by atoms with Gasteiger partial charge in [0.05, 0.1) is 18.9 Å². The average molecular weight is 309 g/mol. The molecule has 8 nitrogen and oxygen atoms in total. The first kappa shape index (κ1) is 14.0. The molecule has 112 valence electrons. The molecule has 1 aliphatic carbocycles. The Morgan fingerprint density at radius 1 is 1.38 bits per heavy atom. The highest BCUT2D eigenvalue weighted by Gasteiger charge is 2.24. The molecular formula is C12H15N5O3S. The Kier molecular flexibility index (Phi) is 3.60. The molecule has 0 spiro atoms. The maximum Gasteiger partial charge on any atom is 0.267 e. The maximum atomic E-state index is 12.3. The first-order valence-electron chi connectivity index (χ1n) is 6.54. The van der Waals surface area contributed by atoms with E-state index in [-0.39, 0.29) is 10.8 Å². The fourth-order valence-corrected chi connectivity index (χ4v) is 3.03. The first-order valence-corrected chi connectivity index (χ1v) is 8.02. The van der Waals surface area contributed by atoms with Crippen molar-refractivity contribution in [3.05, 3.63) is 30.0 Å². The van der Waals surface area contributed by atoms with Crippen LogP contribution in [-0.2, 0) is 16.6 Å². The molecule has 3 rings (SSSR count). The molecular weight excluding hydrogens is 294 g/mol. The largest absolute Gasteiger partial charge is 0.464 e. The summed E-state index contributed by atoms with van der Waals surface area (Å²) >= 11 is 0. The summed E-state index contributed by atoms with van der Waals surface area (Å²) in [7, 11) is -3.78. The highest BCUT2D eigenvalue weighted by atomic mass is 32.2. The van der Waals surface area contributed by atoms with Crippen LogP contribution < -0.4 is 10.0 Å². The van der Waals surface area contributed by atoms with Crippen LogP contribution in [-0.4, -0.2) is 29.6 Å². The second kappa shape index (κ2) is 5.41. The van der Waals surface area contributed by atoms with Crippen LogP contribution in [0.15, 0.2) is 27.8 Å². The zero-order valence-electron chi connectivity index (χ0n) is 11.4. The Morgan fingerprint density at radius 2 is 2.19 bits per heavy atom. The van der Waals surface area contributed by atoms with Crippen molar-refractivity contribution in [1.82, 2.24) is 20.5 Å². The van der Waals surface area contributed by atoms with E-state index >= 15 is 0 Å². The highest BCUT2D eigenvalue weighted by Crippen LogP contribution is 2.23. The number of nitrogens with zero attached hydrogens (tertiary/aromatic N) is 3. The van der Waals surface area contributed by atoms with Gasteiger partial charge < -0.3 is 9.73 Å². The summed E-state index contributed by atoms with van der Waals surface area (Å²) in [5, 5.41) is 10.4. The van der Waals surface area contributed by atoms with Crippen LogP contribution in [0.4, 0.5) is 5.95 Å². The van der Waals surface area contributed by atoms with Crippen molar-refractivity contribution >= 4 is 16.0 Å². The molecule has 0 unspecified atom stereocenters. The molecule has 0 saturated heterocycles. The van der Waals surface area contributed by atoms with E-state index < -0.39 is 10.0 Å². The zero-order chi connectivity index (χ0) is 14.9. The molecule has 1 saturated carbocycles. The Hall–Kier alpha value is -2.00. The summed E-state index contributed by atoms with van der Waals surface area (Å²) in [6, 6.07) is 2.04. The number of furan rings is 1. The van der Waals surface area contributed by atoms with Crippen LogP contribution in [0, 0.1) is 6.92 Å². The number of hydrogen-bond acceptors (Lipinski definition) is 7. The highest BCUT2D eigenvalue weighted by molar-refractivity contribution is 7.92. The van der Waals surface area contributed by atoms with Crippen LogP contribution in [0.5, 0.6) is 0 Å². The van der Waals surface area contributed by atoms with Crippen molar-refractivity contribution < 1.29 is 12.8 Å². The van der Waals surface area contributed by atoms with Crippen molar-refractivity contribution in [3.8, 4) is 0 Å². The quantitative estimate of drug-likeness (QED) is 0.813. The van der Waals surface area contributed by atoms with Gasteiger partial charge in [0.1, 0.15) is 16.4 Å². The van der Waals surface area contributed by atoms with Gasteiger partial charge in [0.15, 0.2) is 0 Å². The average Bonchev–Trinajstić information content (AvgIpc) is 3.19. The maximum absolute atomic E-state index is 12.3. The molecule has 0 radical (unpaired) electrons. The lowest BCUT2D eigenvalue weighted by Crippen LogP contribution is -2.16. The van der Waals surface area contributed by atoms with E-state index in [0.717, 1.165) is 12.8 Å². The van der Waals surface area contributed by atoms with Gasteiger partial charge in [0.2, 0.25) is 0 Å². The molecule has 1 aliphatic rings. The van der Waals surface area contributed by atoms with Gasteiger partial charge in [-0.25, -0.2) is 18.1 Å². The Bertz CT molecular complexity index is 725. The molecule has 21 heavy (non-hydrogen) atoms. The predicted molar refractivity (Wildman–Crippen MR) is 73.9 cm³/mol.